The minimum Gasteiger partial charge on any atom is -0.295 e. The third kappa shape index (κ3) is 3.48. The number of anilines is 2. The third-order valence-electron chi connectivity index (χ3n) is 2.91. The number of amides is 2. The summed E-state index contributed by atoms with van der Waals surface area (Å²) < 4.78 is 110. The smallest absolute Gasteiger partial charge is 0.295 e. The Morgan fingerprint density at radius 2 is 1.04 bits per heavy atom. The Morgan fingerprint density at radius 3 is 1.29 bits per heavy atom. The van der Waals surface area contributed by atoms with E-state index in [1.807, 2.05) is 0 Å². The van der Waals surface area contributed by atoms with E-state index in [0.717, 1.165) is 21.7 Å². The Labute approximate surface area is 156 Å². The van der Waals surface area contributed by atoms with Crippen molar-refractivity contribution in [3.63, 3.8) is 0 Å². The highest BCUT2D eigenvalue weighted by molar-refractivity contribution is 7.13. The normalized spacial score (nSPS) is 13.3. The summed E-state index contributed by atoms with van der Waals surface area (Å²) in [6, 6.07) is 0. The molecule has 0 aromatic carbocycles. The summed E-state index contributed by atoms with van der Waals surface area (Å²) >= 11 is 0.708. The van der Waals surface area contributed by atoms with Crippen LogP contribution < -0.4 is 10.6 Å². The van der Waals surface area contributed by atoms with Crippen LogP contribution in [0.25, 0.3) is 0 Å². The van der Waals surface area contributed by atoms with Crippen LogP contribution in [0.1, 0.15) is 0 Å². The van der Waals surface area contributed by atoms with Crippen molar-refractivity contribution in [3.05, 3.63) is 11.0 Å². The van der Waals surface area contributed by atoms with Gasteiger partial charge < -0.3 is 0 Å². The molecule has 0 spiro atoms. The van der Waals surface area contributed by atoms with Crippen LogP contribution in [-0.4, -0.2) is 55.9 Å². The number of nitrogens with zero attached hydrogens (tertiary/aromatic N) is 4. The summed E-state index contributed by atoms with van der Waals surface area (Å²) in [6.45, 7) is 0. The molecule has 2 rings (SSSR count). The van der Waals surface area contributed by atoms with Crippen LogP contribution in [0.4, 0.5) is 45.4 Å². The molecule has 0 radical (unpaired) electrons. The van der Waals surface area contributed by atoms with Crippen molar-refractivity contribution in [2.75, 3.05) is 10.6 Å². The molecule has 0 atom stereocenters. The number of aromatic nitrogens is 4. The minimum atomic E-state index is -6.99. The van der Waals surface area contributed by atoms with E-state index >= 15 is 0 Å². The van der Waals surface area contributed by atoms with Gasteiger partial charge >= 0.3 is 35.5 Å². The molecular formula is C10H4F8N6O2S2. The summed E-state index contributed by atoms with van der Waals surface area (Å²) in [7, 11) is 0. The SMILES string of the molecule is O=C(Nc1nncs1)C(F)(F)C(F)(F)C(F)(F)C(F)(F)C(=O)Nc1nncs1. The second-order valence-corrected chi connectivity index (χ2v) is 6.36. The van der Waals surface area contributed by atoms with Gasteiger partial charge in [0.2, 0.25) is 10.3 Å². The Balaban J connectivity index is 2.31. The zero-order valence-corrected chi connectivity index (χ0v) is 14.2. The molecule has 2 N–H and O–H groups in total. The average molecular weight is 456 g/mol. The van der Waals surface area contributed by atoms with Crippen molar-refractivity contribution in [1.29, 1.82) is 0 Å². The van der Waals surface area contributed by atoms with Gasteiger partial charge in [-0.2, -0.15) is 35.1 Å². The summed E-state index contributed by atoms with van der Waals surface area (Å²) in [5.41, 5.74) is 1.74. The maximum absolute atomic E-state index is 13.7. The van der Waals surface area contributed by atoms with Gasteiger partial charge in [-0.3, -0.25) is 20.2 Å². The predicted octanol–water partition coefficient (Wildman–Crippen LogP) is 2.51. The van der Waals surface area contributed by atoms with Crippen molar-refractivity contribution in [2.24, 2.45) is 0 Å². The van der Waals surface area contributed by atoms with Crippen LogP contribution in [0.5, 0.6) is 0 Å². The van der Waals surface area contributed by atoms with Crippen LogP contribution >= 0.6 is 22.7 Å². The lowest BCUT2D eigenvalue weighted by Crippen LogP contribution is -2.67. The van der Waals surface area contributed by atoms with Gasteiger partial charge in [0.15, 0.2) is 0 Å². The van der Waals surface area contributed by atoms with Gasteiger partial charge in [-0.05, 0) is 0 Å². The fourth-order valence-electron chi connectivity index (χ4n) is 1.49. The van der Waals surface area contributed by atoms with Gasteiger partial charge in [0.1, 0.15) is 11.0 Å². The Kier molecular flexibility index (Phi) is 5.57. The molecule has 8 nitrogen and oxygen atoms in total. The molecule has 2 aromatic heterocycles. The number of alkyl halides is 8. The first-order valence-corrected chi connectivity index (χ1v) is 8.17. The van der Waals surface area contributed by atoms with E-state index in [1.54, 1.807) is 0 Å². The fraction of sp³-hybridized carbons (Fsp3) is 0.400. The Bertz CT molecular complexity index is 774. The van der Waals surface area contributed by atoms with E-state index in [1.165, 1.54) is 0 Å². The van der Waals surface area contributed by atoms with Crippen LogP contribution in [-0.2, 0) is 9.59 Å². The topological polar surface area (TPSA) is 110 Å². The zero-order chi connectivity index (χ0) is 21.4. The van der Waals surface area contributed by atoms with Gasteiger partial charge in [-0.15, -0.1) is 20.4 Å². The number of hydrogen-bond donors (Lipinski definition) is 2. The summed E-state index contributed by atoms with van der Waals surface area (Å²) in [6.07, 6.45) is 0. The quantitative estimate of drug-likeness (QED) is 0.620. The first kappa shape index (κ1) is 21.8. The van der Waals surface area contributed by atoms with Gasteiger partial charge in [0.05, 0.1) is 0 Å². The van der Waals surface area contributed by atoms with Crippen LogP contribution in [0.15, 0.2) is 11.0 Å². The van der Waals surface area contributed by atoms with E-state index in [4.69, 9.17) is 0 Å². The number of carbonyl (C=O) groups excluding carboxylic acids is 2. The highest BCUT2D eigenvalue weighted by Gasteiger charge is 2.84. The third-order valence-corrected chi connectivity index (χ3v) is 4.13. The highest BCUT2D eigenvalue weighted by Crippen LogP contribution is 2.53. The molecule has 0 aliphatic carbocycles. The monoisotopic (exact) mass is 456 g/mol. The molecule has 154 valence electrons. The number of hydrogen-bond acceptors (Lipinski definition) is 8. The molecular weight excluding hydrogens is 452 g/mol. The number of nitrogens with one attached hydrogen (secondary N) is 2. The molecule has 2 heterocycles. The molecule has 0 saturated carbocycles. The van der Waals surface area contributed by atoms with Crippen molar-refractivity contribution < 1.29 is 44.7 Å². The Morgan fingerprint density at radius 1 is 0.714 bits per heavy atom. The molecule has 2 aromatic rings. The van der Waals surface area contributed by atoms with Crippen LogP contribution in [0, 0.1) is 0 Å². The van der Waals surface area contributed by atoms with Crippen molar-refractivity contribution in [1.82, 2.24) is 20.4 Å². The molecule has 0 fully saturated rings. The molecule has 0 unspecified atom stereocenters. The lowest BCUT2D eigenvalue weighted by Gasteiger charge is -2.34. The molecule has 0 aliphatic rings. The molecule has 28 heavy (non-hydrogen) atoms. The van der Waals surface area contributed by atoms with E-state index in [9.17, 15) is 44.7 Å². The predicted molar refractivity (Wildman–Crippen MR) is 76.9 cm³/mol. The van der Waals surface area contributed by atoms with Crippen molar-refractivity contribution >= 4 is 44.8 Å². The summed E-state index contributed by atoms with van der Waals surface area (Å²) in [5, 5.41) is 12.6. The summed E-state index contributed by atoms with van der Waals surface area (Å²) in [5.74, 6) is -32.8. The van der Waals surface area contributed by atoms with Crippen LogP contribution in [0.3, 0.4) is 0 Å². The van der Waals surface area contributed by atoms with Crippen molar-refractivity contribution in [2.45, 2.75) is 23.7 Å². The van der Waals surface area contributed by atoms with E-state index in [0.29, 0.717) is 22.7 Å². The van der Waals surface area contributed by atoms with Gasteiger partial charge in [0.25, 0.3) is 0 Å². The molecule has 0 aliphatic heterocycles. The number of carbonyl (C=O) groups is 2. The van der Waals surface area contributed by atoms with Gasteiger partial charge in [-0.1, -0.05) is 22.7 Å². The summed E-state index contributed by atoms with van der Waals surface area (Å²) in [4.78, 5) is 22.6. The standard InChI is InChI=1S/C10H4F8N6O2S2/c11-7(12,3(25)21-5-23-19-1-27-5)9(15,16)10(17,18)8(13,14)4(26)22-6-24-20-2-28-6/h1-2H,(H,21,23,25)(H,22,24,26). The zero-order valence-electron chi connectivity index (χ0n) is 12.6. The molecule has 0 saturated heterocycles. The highest BCUT2D eigenvalue weighted by atomic mass is 32.1. The second-order valence-electron chi connectivity index (χ2n) is 4.69. The fourth-order valence-corrected chi connectivity index (χ4v) is 2.37. The first-order chi connectivity index (χ1) is 12.7. The molecule has 18 heteroatoms. The Hall–Kier alpha value is -2.50. The maximum atomic E-state index is 13.7. The first-order valence-electron chi connectivity index (χ1n) is 6.41. The lowest BCUT2D eigenvalue weighted by molar-refractivity contribution is -0.345. The largest absolute Gasteiger partial charge is 0.393 e. The van der Waals surface area contributed by atoms with Crippen molar-refractivity contribution in [3.8, 4) is 0 Å². The average Bonchev–Trinajstić information content (AvgIpc) is 3.28. The van der Waals surface area contributed by atoms with Gasteiger partial charge in [-0.25, -0.2) is 0 Å². The number of halogens is 8. The minimum absolute atomic E-state index is 0.354. The number of rotatable bonds is 7. The van der Waals surface area contributed by atoms with Crippen LogP contribution in [0.2, 0.25) is 0 Å². The van der Waals surface area contributed by atoms with E-state index in [-0.39, 0.29) is 0 Å². The maximum Gasteiger partial charge on any atom is 0.393 e. The lowest BCUT2D eigenvalue weighted by atomic mass is 9.97. The van der Waals surface area contributed by atoms with E-state index < -0.39 is 45.8 Å². The van der Waals surface area contributed by atoms with Gasteiger partial charge in [0, 0.05) is 0 Å². The molecule has 2 amide bonds. The second kappa shape index (κ2) is 7.15. The molecule has 0 bridgehead atoms. The van der Waals surface area contributed by atoms with E-state index in [2.05, 4.69) is 20.4 Å².